The molecule has 0 aliphatic carbocycles. The summed E-state index contributed by atoms with van der Waals surface area (Å²) in [5.41, 5.74) is 9.57. The molecule has 0 bridgehead atoms. The lowest BCUT2D eigenvalue weighted by Gasteiger charge is -2.37. The fourth-order valence-electron chi connectivity index (χ4n) is 9.84. The van der Waals surface area contributed by atoms with Gasteiger partial charge in [0, 0.05) is 25.2 Å². The summed E-state index contributed by atoms with van der Waals surface area (Å²) in [6.07, 6.45) is 12.6. The Labute approximate surface area is 483 Å². The van der Waals surface area contributed by atoms with E-state index in [9.17, 15) is 13.6 Å². The summed E-state index contributed by atoms with van der Waals surface area (Å²) < 4.78 is 38.9. The molecular weight excluding hydrogens is 1110 g/mol. The zero-order chi connectivity index (χ0) is 56.6. The van der Waals surface area contributed by atoms with Gasteiger partial charge in [-0.05, 0) is 98.3 Å². The molecule has 11 rings (SSSR count). The number of imidazole rings is 3. The molecule has 406 valence electrons. The van der Waals surface area contributed by atoms with Crippen LogP contribution >= 0.6 is 22.6 Å². The standard InChI is InChI=1S/C29H23FN2.C22H17IN2.C14H15FN2O2.2C2H6/c30-27-18-10-11-23(19-27)20-28-21-32(22-31-28)29(24-12-4-1-5-13-24,25-14-6-2-7-15-25)26-16-8-3-9-17-26;23-21-16-25(17-24-21)22(18-10-4-1-5-11-18,19-12-6-2-7-13-19)20-14-8-3-9-15-20;1-2-19-14(18)9-17-10-16-8-13(17)7-11-4-3-5-12(15)6-11;2*1-2/h1-19,21-22H,20H2;1-17H;3-6,8,10H,2,7,9H2,1H3;2*1-2H3/p+1. The van der Waals surface area contributed by atoms with Gasteiger partial charge >= 0.3 is 5.97 Å². The predicted molar refractivity (Wildman–Crippen MR) is 325 cm³/mol. The number of nitrogens with zero attached hydrogens (tertiary/aromatic N) is 5. The number of hydrogen-bond acceptors (Lipinski definition) is 4. The molecule has 0 fully saturated rings. The predicted octanol–water partition coefficient (Wildman–Crippen LogP) is 15.4. The van der Waals surface area contributed by atoms with Crippen LogP contribution in [0.25, 0.3) is 0 Å². The monoisotopic (exact) mass is 1180 g/mol. The maximum atomic E-state index is 13.7. The number of H-pyrrole nitrogens is 1. The van der Waals surface area contributed by atoms with Crippen LogP contribution in [0.15, 0.2) is 268 Å². The fraction of sp³-hybridized carbons (Fsp3) is 0.159. The Morgan fingerprint density at radius 1 is 0.525 bits per heavy atom. The van der Waals surface area contributed by atoms with E-state index in [2.05, 4.69) is 218 Å². The van der Waals surface area contributed by atoms with Crippen LogP contribution in [-0.4, -0.2) is 36.7 Å². The van der Waals surface area contributed by atoms with Crippen molar-refractivity contribution in [1.29, 1.82) is 0 Å². The molecule has 3 aromatic heterocycles. The number of halogens is 3. The van der Waals surface area contributed by atoms with E-state index >= 15 is 0 Å². The quantitative estimate of drug-likeness (QED) is 0.0480. The number of carbonyl (C=O) groups is 1. The Morgan fingerprint density at radius 2 is 0.900 bits per heavy atom. The molecule has 0 amide bonds. The molecule has 0 unspecified atom stereocenters. The topological polar surface area (TPSA) is 81.6 Å². The Bertz CT molecular complexity index is 3350. The van der Waals surface area contributed by atoms with Gasteiger partial charge in [0.25, 0.3) is 0 Å². The first-order valence-corrected chi connectivity index (χ1v) is 28.1. The molecule has 3 heterocycles. The van der Waals surface area contributed by atoms with Crippen molar-refractivity contribution in [1.82, 2.24) is 24.1 Å². The van der Waals surface area contributed by atoms with Crippen molar-refractivity contribution < 1.29 is 22.9 Å². The molecule has 0 aliphatic rings. The third kappa shape index (κ3) is 14.4. The number of benzene rings is 8. The molecule has 11 heteroatoms. The van der Waals surface area contributed by atoms with E-state index in [0.29, 0.717) is 19.4 Å². The van der Waals surface area contributed by atoms with E-state index in [-0.39, 0.29) is 24.1 Å². The molecule has 0 atom stereocenters. The number of rotatable bonds is 15. The van der Waals surface area contributed by atoms with Gasteiger partial charge in [-0.15, -0.1) is 0 Å². The molecule has 0 saturated heterocycles. The molecule has 0 radical (unpaired) electrons. The summed E-state index contributed by atoms with van der Waals surface area (Å²) in [6, 6.07) is 76.5. The molecule has 8 aromatic carbocycles. The SMILES string of the molecule is CC.CC.CCOC(=O)C[n+]1c[nH]cc1Cc1cccc(F)c1.Fc1cccc(Cc2cn(C(c3ccccc3)(c3ccccc3)c3ccccc3)cn2)c1.Ic1cn(C(c2ccccc2)(c2ccccc2)c2ccccc2)cn1. The van der Waals surface area contributed by atoms with Gasteiger partial charge in [0.2, 0.25) is 6.33 Å². The van der Waals surface area contributed by atoms with Crippen LogP contribution < -0.4 is 4.57 Å². The van der Waals surface area contributed by atoms with Crippen LogP contribution in [0.1, 0.15) is 90.5 Å². The highest BCUT2D eigenvalue weighted by atomic mass is 127. The second-order valence-electron chi connectivity index (χ2n) is 18.0. The van der Waals surface area contributed by atoms with E-state index in [1.54, 1.807) is 42.2 Å². The number of hydrogen-bond donors (Lipinski definition) is 1. The highest BCUT2D eigenvalue weighted by Crippen LogP contribution is 2.42. The summed E-state index contributed by atoms with van der Waals surface area (Å²) in [5, 5.41) is 0. The first kappa shape index (κ1) is 59.1. The Balaban J connectivity index is 0.000000173. The lowest BCUT2D eigenvalue weighted by atomic mass is 9.77. The highest BCUT2D eigenvalue weighted by molar-refractivity contribution is 14.1. The lowest BCUT2D eigenvalue weighted by molar-refractivity contribution is -0.691. The van der Waals surface area contributed by atoms with Crippen LogP contribution in [0.5, 0.6) is 0 Å². The molecule has 0 spiro atoms. The molecular formula is C69H68F2IN6O2+. The highest BCUT2D eigenvalue weighted by Gasteiger charge is 2.39. The number of nitrogens with one attached hydrogen (secondary N) is 1. The molecule has 8 nitrogen and oxygen atoms in total. The van der Waals surface area contributed by atoms with Crippen LogP contribution in [-0.2, 0) is 40.0 Å². The zero-order valence-corrected chi connectivity index (χ0v) is 48.1. The third-order valence-corrected chi connectivity index (χ3v) is 13.7. The summed E-state index contributed by atoms with van der Waals surface area (Å²) in [5.74, 6) is -0.772. The van der Waals surface area contributed by atoms with E-state index in [1.807, 2.05) is 70.7 Å². The third-order valence-electron chi connectivity index (χ3n) is 13.1. The minimum Gasteiger partial charge on any atom is -0.463 e. The van der Waals surface area contributed by atoms with Crippen molar-refractivity contribution >= 4 is 28.6 Å². The van der Waals surface area contributed by atoms with Crippen LogP contribution in [0.3, 0.4) is 0 Å². The number of esters is 1. The first-order valence-electron chi connectivity index (χ1n) is 27.0. The van der Waals surface area contributed by atoms with Crippen LogP contribution in [0.2, 0.25) is 0 Å². The largest absolute Gasteiger partial charge is 0.463 e. The van der Waals surface area contributed by atoms with Crippen molar-refractivity contribution in [3.05, 3.63) is 339 Å². The van der Waals surface area contributed by atoms with Crippen molar-refractivity contribution in [2.45, 2.75) is 65.1 Å². The summed E-state index contributed by atoms with van der Waals surface area (Å²) in [6.45, 7) is 10.3. The van der Waals surface area contributed by atoms with Gasteiger partial charge in [-0.2, -0.15) is 0 Å². The van der Waals surface area contributed by atoms with Gasteiger partial charge in [0.15, 0.2) is 6.54 Å². The van der Waals surface area contributed by atoms with Crippen molar-refractivity contribution in [2.24, 2.45) is 0 Å². The van der Waals surface area contributed by atoms with Gasteiger partial charge in [-0.3, -0.25) is 0 Å². The summed E-state index contributed by atoms with van der Waals surface area (Å²) in [7, 11) is 0. The number of aromatic amines is 1. The van der Waals surface area contributed by atoms with Crippen molar-refractivity contribution in [2.75, 3.05) is 6.61 Å². The molecule has 1 N–H and O–H groups in total. The van der Waals surface area contributed by atoms with Gasteiger partial charge in [-0.25, -0.2) is 33.1 Å². The Kier molecular flexibility index (Phi) is 22.2. The first-order chi connectivity index (χ1) is 39.3. The minimum atomic E-state index is -0.586. The second-order valence-corrected chi connectivity index (χ2v) is 19.1. The Hall–Kier alpha value is -8.55. The van der Waals surface area contributed by atoms with Crippen molar-refractivity contribution in [3.8, 4) is 0 Å². The van der Waals surface area contributed by atoms with E-state index in [1.165, 1.54) is 34.9 Å². The van der Waals surface area contributed by atoms with E-state index in [4.69, 9.17) is 9.72 Å². The average molecular weight is 1180 g/mol. The fourth-order valence-corrected chi connectivity index (χ4v) is 10.3. The smallest absolute Gasteiger partial charge is 0.348 e. The summed E-state index contributed by atoms with van der Waals surface area (Å²) >= 11 is 2.27. The molecule has 0 saturated carbocycles. The number of ether oxygens (including phenoxy) is 1. The molecule has 11 aromatic rings. The molecule has 0 aliphatic heterocycles. The number of carbonyl (C=O) groups excluding carboxylic acids is 1. The lowest BCUT2D eigenvalue weighted by Crippen LogP contribution is -2.40. The number of aromatic nitrogens is 6. The van der Waals surface area contributed by atoms with E-state index < -0.39 is 11.1 Å². The zero-order valence-electron chi connectivity index (χ0n) is 45.9. The molecule has 80 heavy (non-hydrogen) atoms. The van der Waals surface area contributed by atoms with E-state index in [0.717, 1.165) is 42.9 Å². The van der Waals surface area contributed by atoms with Gasteiger partial charge < -0.3 is 13.9 Å². The summed E-state index contributed by atoms with van der Waals surface area (Å²) in [4.78, 5) is 23.6. The van der Waals surface area contributed by atoms with Crippen LogP contribution in [0, 0.1) is 15.3 Å². The average Bonchev–Trinajstić information content (AvgIpc) is 4.41. The minimum absolute atomic E-state index is 0.155. The normalized spacial score (nSPS) is 10.8. The maximum absolute atomic E-state index is 13.7. The van der Waals surface area contributed by atoms with Gasteiger partial charge in [-0.1, -0.05) is 234 Å². The van der Waals surface area contributed by atoms with Gasteiger partial charge in [0.05, 0.1) is 25.0 Å². The maximum Gasteiger partial charge on any atom is 0.348 e. The van der Waals surface area contributed by atoms with Gasteiger partial charge in [0.1, 0.15) is 38.3 Å². The van der Waals surface area contributed by atoms with Crippen molar-refractivity contribution in [3.63, 3.8) is 0 Å². The Morgan fingerprint density at radius 3 is 1.26 bits per heavy atom. The van der Waals surface area contributed by atoms with Crippen LogP contribution in [0.4, 0.5) is 8.78 Å². The second kappa shape index (κ2) is 30.0.